The molecule has 0 bridgehead atoms. The van der Waals surface area contributed by atoms with Gasteiger partial charge >= 0.3 is 0 Å². The van der Waals surface area contributed by atoms with Crippen LogP contribution in [-0.4, -0.2) is 17.6 Å². The molecule has 1 unspecified atom stereocenters. The van der Waals surface area contributed by atoms with Crippen molar-refractivity contribution in [1.29, 1.82) is 0 Å². The van der Waals surface area contributed by atoms with Crippen LogP contribution >= 0.6 is 0 Å². The Bertz CT molecular complexity index is 223. The van der Waals surface area contributed by atoms with Gasteiger partial charge in [-0.15, -0.1) is 0 Å². The SMILES string of the molecule is CCCCCCC1=NOC(C(C)=O)C1. The lowest BCUT2D eigenvalue weighted by Gasteiger charge is -2.01. The number of nitrogens with zero attached hydrogens (tertiary/aromatic N) is 1. The molecule has 1 heterocycles. The molecule has 0 N–H and O–H groups in total. The maximum Gasteiger partial charge on any atom is 0.190 e. The summed E-state index contributed by atoms with van der Waals surface area (Å²) in [4.78, 5) is 16.0. The molecule has 1 aliphatic rings. The molecule has 80 valence electrons. The highest BCUT2D eigenvalue weighted by atomic mass is 16.6. The zero-order chi connectivity index (χ0) is 10.4. The second-order valence-corrected chi connectivity index (χ2v) is 3.88. The first kappa shape index (κ1) is 11.2. The zero-order valence-corrected chi connectivity index (χ0v) is 9.08. The van der Waals surface area contributed by atoms with Crippen LogP contribution in [0.1, 0.15) is 52.4 Å². The van der Waals surface area contributed by atoms with Gasteiger partial charge in [-0.25, -0.2) is 0 Å². The number of unbranched alkanes of at least 4 members (excludes halogenated alkanes) is 3. The van der Waals surface area contributed by atoms with Gasteiger partial charge in [0.2, 0.25) is 0 Å². The number of hydrogen-bond acceptors (Lipinski definition) is 3. The largest absolute Gasteiger partial charge is 0.384 e. The molecule has 1 rings (SSSR count). The fraction of sp³-hybridized carbons (Fsp3) is 0.818. The molecule has 14 heavy (non-hydrogen) atoms. The van der Waals surface area contributed by atoms with Crippen LogP contribution in [0.4, 0.5) is 0 Å². The average Bonchev–Trinajstić information content (AvgIpc) is 2.61. The molecule has 1 aliphatic heterocycles. The minimum Gasteiger partial charge on any atom is -0.384 e. The third kappa shape index (κ3) is 3.48. The van der Waals surface area contributed by atoms with Crippen LogP contribution in [0.5, 0.6) is 0 Å². The number of Topliss-reactive ketones (excluding diaryl/α,β-unsaturated/α-hetero) is 1. The number of carbonyl (C=O) groups is 1. The normalized spacial score (nSPS) is 20.4. The summed E-state index contributed by atoms with van der Waals surface area (Å²) in [5.41, 5.74) is 1.06. The van der Waals surface area contributed by atoms with Crippen LogP contribution in [0.3, 0.4) is 0 Å². The summed E-state index contributed by atoms with van der Waals surface area (Å²) in [6, 6.07) is 0. The Balaban J connectivity index is 2.12. The van der Waals surface area contributed by atoms with E-state index in [4.69, 9.17) is 4.84 Å². The first-order valence-corrected chi connectivity index (χ1v) is 5.46. The van der Waals surface area contributed by atoms with Crippen LogP contribution in [0, 0.1) is 0 Å². The molecular formula is C11H19NO2. The third-order valence-electron chi connectivity index (χ3n) is 2.50. The van der Waals surface area contributed by atoms with E-state index in [1.54, 1.807) is 6.92 Å². The van der Waals surface area contributed by atoms with Crippen molar-refractivity contribution in [3.8, 4) is 0 Å². The lowest BCUT2D eigenvalue weighted by molar-refractivity contribution is -0.126. The molecule has 0 amide bonds. The fourth-order valence-corrected chi connectivity index (χ4v) is 1.55. The summed E-state index contributed by atoms with van der Waals surface area (Å²) >= 11 is 0. The van der Waals surface area contributed by atoms with E-state index in [9.17, 15) is 4.79 Å². The van der Waals surface area contributed by atoms with E-state index in [1.807, 2.05) is 0 Å². The van der Waals surface area contributed by atoms with Crippen LogP contribution in [0.15, 0.2) is 5.16 Å². The first-order valence-electron chi connectivity index (χ1n) is 5.46. The predicted molar refractivity (Wildman–Crippen MR) is 56.4 cm³/mol. The van der Waals surface area contributed by atoms with Gasteiger partial charge in [-0.3, -0.25) is 4.79 Å². The monoisotopic (exact) mass is 197 g/mol. The Hall–Kier alpha value is -0.860. The predicted octanol–water partition coefficient (Wildman–Crippen LogP) is 2.69. The molecule has 0 aromatic carbocycles. The second-order valence-electron chi connectivity index (χ2n) is 3.88. The van der Waals surface area contributed by atoms with Crippen molar-refractivity contribution in [1.82, 2.24) is 0 Å². The lowest BCUT2D eigenvalue weighted by Crippen LogP contribution is -2.17. The number of hydrogen-bond donors (Lipinski definition) is 0. The Labute approximate surface area is 85.5 Å². The molecule has 0 saturated heterocycles. The van der Waals surface area contributed by atoms with E-state index < -0.39 is 0 Å². The van der Waals surface area contributed by atoms with E-state index in [-0.39, 0.29) is 11.9 Å². The van der Waals surface area contributed by atoms with Crippen molar-refractivity contribution in [3.05, 3.63) is 0 Å². The van der Waals surface area contributed by atoms with Gasteiger partial charge in [0, 0.05) is 6.42 Å². The minimum atomic E-state index is -0.295. The first-order chi connectivity index (χ1) is 6.74. The van der Waals surface area contributed by atoms with Crippen molar-refractivity contribution in [2.75, 3.05) is 0 Å². The summed E-state index contributed by atoms with van der Waals surface area (Å²) in [6.07, 6.45) is 6.35. The summed E-state index contributed by atoms with van der Waals surface area (Å²) in [5, 5.41) is 3.93. The number of oxime groups is 1. The Morgan fingerprint density at radius 2 is 2.29 bits per heavy atom. The van der Waals surface area contributed by atoms with E-state index in [0.29, 0.717) is 6.42 Å². The number of rotatable bonds is 6. The summed E-state index contributed by atoms with van der Waals surface area (Å²) < 4.78 is 0. The maximum absolute atomic E-state index is 11.0. The fourth-order valence-electron chi connectivity index (χ4n) is 1.55. The van der Waals surface area contributed by atoms with Gasteiger partial charge in [0.05, 0.1) is 5.71 Å². The Morgan fingerprint density at radius 1 is 1.50 bits per heavy atom. The molecular weight excluding hydrogens is 178 g/mol. The summed E-state index contributed by atoms with van der Waals surface area (Å²) in [6.45, 7) is 3.75. The Kier molecular flexibility index (Phi) is 4.63. The van der Waals surface area contributed by atoms with Crippen LogP contribution < -0.4 is 0 Å². The average molecular weight is 197 g/mol. The van der Waals surface area contributed by atoms with Gasteiger partial charge in [0.25, 0.3) is 0 Å². The quantitative estimate of drug-likeness (QED) is 0.614. The molecule has 1 atom stereocenters. The molecule has 3 heteroatoms. The maximum atomic E-state index is 11.0. The van der Waals surface area contributed by atoms with E-state index in [0.717, 1.165) is 12.1 Å². The van der Waals surface area contributed by atoms with Crippen LogP contribution in [-0.2, 0) is 9.63 Å². The minimum absolute atomic E-state index is 0.0808. The van der Waals surface area contributed by atoms with Crippen molar-refractivity contribution in [2.45, 2.75) is 58.5 Å². The topological polar surface area (TPSA) is 38.7 Å². The van der Waals surface area contributed by atoms with E-state index in [1.165, 1.54) is 25.7 Å². The van der Waals surface area contributed by atoms with E-state index in [2.05, 4.69) is 12.1 Å². The lowest BCUT2D eigenvalue weighted by atomic mass is 10.0. The van der Waals surface area contributed by atoms with Crippen molar-refractivity contribution >= 4 is 11.5 Å². The summed E-state index contributed by atoms with van der Waals surface area (Å²) in [7, 11) is 0. The van der Waals surface area contributed by atoms with Crippen molar-refractivity contribution in [2.24, 2.45) is 5.16 Å². The highest BCUT2D eigenvalue weighted by Crippen LogP contribution is 2.15. The highest BCUT2D eigenvalue weighted by Gasteiger charge is 2.24. The van der Waals surface area contributed by atoms with Crippen molar-refractivity contribution < 1.29 is 9.63 Å². The molecule has 0 fully saturated rings. The van der Waals surface area contributed by atoms with Gasteiger partial charge in [0.15, 0.2) is 11.9 Å². The summed E-state index contributed by atoms with van der Waals surface area (Å²) in [5.74, 6) is 0.0808. The van der Waals surface area contributed by atoms with Crippen LogP contribution in [0.2, 0.25) is 0 Å². The standard InChI is InChI=1S/C11H19NO2/c1-3-4-5-6-7-10-8-11(9(2)13)14-12-10/h11H,3-8H2,1-2H3. The van der Waals surface area contributed by atoms with Crippen molar-refractivity contribution in [3.63, 3.8) is 0 Å². The Morgan fingerprint density at radius 3 is 2.86 bits per heavy atom. The molecule has 3 nitrogen and oxygen atoms in total. The van der Waals surface area contributed by atoms with Gasteiger partial charge < -0.3 is 4.84 Å². The van der Waals surface area contributed by atoms with E-state index >= 15 is 0 Å². The zero-order valence-electron chi connectivity index (χ0n) is 9.08. The highest BCUT2D eigenvalue weighted by molar-refractivity contribution is 5.92. The number of carbonyl (C=O) groups excluding carboxylic acids is 1. The molecule has 0 aromatic heterocycles. The van der Waals surface area contributed by atoms with Gasteiger partial charge in [-0.05, 0) is 19.8 Å². The molecule has 0 aliphatic carbocycles. The smallest absolute Gasteiger partial charge is 0.190 e. The molecule has 0 spiro atoms. The van der Waals surface area contributed by atoms with Gasteiger partial charge in [-0.2, -0.15) is 0 Å². The van der Waals surface area contributed by atoms with Gasteiger partial charge in [-0.1, -0.05) is 31.3 Å². The molecule has 0 radical (unpaired) electrons. The third-order valence-corrected chi connectivity index (χ3v) is 2.50. The van der Waals surface area contributed by atoms with Crippen LogP contribution in [0.25, 0.3) is 0 Å². The van der Waals surface area contributed by atoms with Gasteiger partial charge in [0.1, 0.15) is 0 Å². The second kappa shape index (κ2) is 5.78. The molecule has 0 aromatic rings. The molecule has 0 saturated carbocycles. The number of ketones is 1.